The van der Waals surface area contributed by atoms with Gasteiger partial charge in [0.05, 0.1) is 5.69 Å². The van der Waals surface area contributed by atoms with Crippen LogP contribution >= 0.6 is 0 Å². The molecule has 0 spiro atoms. The Morgan fingerprint density at radius 2 is 1.71 bits per heavy atom. The van der Waals surface area contributed by atoms with E-state index in [1.807, 2.05) is 49.4 Å². The zero-order chi connectivity index (χ0) is 14.8. The molecule has 4 heteroatoms. The van der Waals surface area contributed by atoms with E-state index < -0.39 is 0 Å². The van der Waals surface area contributed by atoms with Crippen LogP contribution in [0.2, 0.25) is 0 Å². The van der Waals surface area contributed by atoms with E-state index in [9.17, 15) is 4.79 Å². The van der Waals surface area contributed by atoms with Crippen LogP contribution in [0, 0.1) is 13.8 Å². The van der Waals surface area contributed by atoms with Gasteiger partial charge in [-0.05, 0) is 26.0 Å². The van der Waals surface area contributed by atoms with E-state index >= 15 is 0 Å². The number of aromatic nitrogens is 3. The first kappa shape index (κ1) is 13.2. The topological polar surface area (TPSA) is 58.6 Å². The first-order chi connectivity index (χ1) is 10.1. The lowest BCUT2D eigenvalue weighted by Gasteiger charge is -2.08. The summed E-state index contributed by atoms with van der Waals surface area (Å²) in [4.78, 5) is 23.8. The van der Waals surface area contributed by atoms with Crippen LogP contribution in [-0.4, -0.2) is 15.0 Å². The van der Waals surface area contributed by atoms with Crippen LogP contribution in [0.15, 0.2) is 53.5 Å². The van der Waals surface area contributed by atoms with Gasteiger partial charge in [-0.1, -0.05) is 30.3 Å². The molecule has 3 aromatic rings. The molecule has 0 aliphatic rings. The fourth-order valence-electron chi connectivity index (χ4n) is 2.15. The molecule has 0 saturated carbocycles. The zero-order valence-electron chi connectivity index (χ0n) is 11.9. The molecule has 1 N–H and O–H groups in total. The molecule has 0 unspecified atom stereocenters. The number of rotatable bonds is 2. The molecule has 0 bridgehead atoms. The van der Waals surface area contributed by atoms with Crippen molar-refractivity contribution in [3.8, 4) is 22.6 Å². The van der Waals surface area contributed by atoms with Gasteiger partial charge in [-0.3, -0.25) is 9.78 Å². The van der Waals surface area contributed by atoms with Crippen molar-refractivity contribution in [2.75, 3.05) is 0 Å². The second kappa shape index (κ2) is 5.32. The molecule has 0 aliphatic carbocycles. The van der Waals surface area contributed by atoms with Crippen molar-refractivity contribution >= 4 is 0 Å². The summed E-state index contributed by atoms with van der Waals surface area (Å²) in [7, 11) is 0. The Morgan fingerprint density at radius 1 is 0.952 bits per heavy atom. The SMILES string of the molecule is Cc1ccc(-c2nc(-c3ccccc3)c(C)c(=O)[nH]2)cn1. The maximum Gasteiger partial charge on any atom is 0.254 e. The normalized spacial score (nSPS) is 10.6. The second-order valence-corrected chi connectivity index (χ2v) is 4.94. The molecule has 21 heavy (non-hydrogen) atoms. The van der Waals surface area contributed by atoms with Gasteiger partial charge in [0.15, 0.2) is 0 Å². The lowest BCUT2D eigenvalue weighted by atomic mass is 10.1. The third-order valence-corrected chi connectivity index (χ3v) is 3.38. The minimum absolute atomic E-state index is 0.126. The molecule has 2 heterocycles. The summed E-state index contributed by atoms with van der Waals surface area (Å²) in [6, 6.07) is 13.5. The monoisotopic (exact) mass is 277 g/mol. The minimum Gasteiger partial charge on any atom is -0.306 e. The van der Waals surface area contributed by atoms with E-state index in [0.29, 0.717) is 17.1 Å². The molecule has 1 aromatic carbocycles. The first-order valence-electron chi connectivity index (χ1n) is 6.74. The summed E-state index contributed by atoms with van der Waals surface area (Å²) in [6.07, 6.45) is 1.72. The number of nitrogens with zero attached hydrogens (tertiary/aromatic N) is 2. The van der Waals surface area contributed by atoms with Gasteiger partial charge < -0.3 is 4.98 Å². The molecule has 4 nitrogen and oxygen atoms in total. The Morgan fingerprint density at radius 3 is 2.38 bits per heavy atom. The van der Waals surface area contributed by atoms with Crippen LogP contribution in [0.1, 0.15) is 11.3 Å². The van der Waals surface area contributed by atoms with Crippen LogP contribution in [-0.2, 0) is 0 Å². The summed E-state index contributed by atoms with van der Waals surface area (Å²) in [6.45, 7) is 3.70. The molecule has 0 aliphatic heterocycles. The van der Waals surface area contributed by atoms with Crippen LogP contribution in [0.4, 0.5) is 0 Å². The summed E-state index contributed by atoms with van der Waals surface area (Å²) in [5, 5.41) is 0. The number of aryl methyl sites for hydroxylation is 1. The lowest BCUT2D eigenvalue weighted by Crippen LogP contribution is -2.14. The van der Waals surface area contributed by atoms with Gasteiger partial charge in [-0.2, -0.15) is 0 Å². The van der Waals surface area contributed by atoms with E-state index in [0.717, 1.165) is 16.8 Å². The van der Waals surface area contributed by atoms with Gasteiger partial charge in [-0.25, -0.2) is 4.98 Å². The Kier molecular flexibility index (Phi) is 3.36. The number of H-pyrrole nitrogens is 1. The number of benzene rings is 1. The van der Waals surface area contributed by atoms with Crippen molar-refractivity contribution < 1.29 is 0 Å². The van der Waals surface area contributed by atoms with Crippen LogP contribution in [0.3, 0.4) is 0 Å². The van der Waals surface area contributed by atoms with Crippen molar-refractivity contribution in [3.05, 3.63) is 70.3 Å². The summed E-state index contributed by atoms with van der Waals surface area (Å²) in [5.74, 6) is 0.539. The maximum atomic E-state index is 12.2. The highest BCUT2D eigenvalue weighted by molar-refractivity contribution is 5.65. The summed E-state index contributed by atoms with van der Waals surface area (Å²) < 4.78 is 0. The molecule has 0 atom stereocenters. The number of hydrogen-bond donors (Lipinski definition) is 1. The van der Waals surface area contributed by atoms with E-state index in [2.05, 4.69) is 15.0 Å². The predicted octanol–water partition coefficient (Wildman–Crippen LogP) is 3.12. The fourth-order valence-corrected chi connectivity index (χ4v) is 2.15. The molecule has 0 fully saturated rings. The number of aromatic amines is 1. The fraction of sp³-hybridized carbons (Fsp3) is 0.118. The largest absolute Gasteiger partial charge is 0.306 e. The van der Waals surface area contributed by atoms with Gasteiger partial charge in [0.2, 0.25) is 0 Å². The third-order valence-electron chi connectivity index (χ3n) is 3.38. The van der Waals surface area contributed by atoms with Crippen LogP contribution < -0.4 is 5.56 Å². The number of hydrogen-bond acceptors (Lipinski definition) is 3. The van der Waals surface area contributed by atoms with Crippen molar-refractivity contribution in [2.45, 2.75) is 13.8 Å². The van der Waals surface area contributed by atoms with Crippen molar-refractivity contribution in [1.82, 2.24) is 15.0 Å². The zero-order valence-corrected chi connectivity index (χ0v) is 11.9. The molecular weight excluding hydrogens is 262 g/mol. The standard InChI is InChI=1S/C17H15N3O/c1-11-8-9-14(10-18-11)16-19-15(12(2)17(21)20-16)13-6-4-3-5-7-13/h3-10H,1-2H3,(H,19,20,21). The predicted molar refractivity (Wildman–Crippen MR) is 83.0 cm³/mol. The van der Waals surface area contributed by atoms with Gasteiger partial charge in [0.1, 0.15) is 5.82 Å². The average Bonchev–Trinajstić information content (AvgIpc) is 2.51. The minimum atomic E-state index is -0.126. The molecule has 0 amide bonds. The van der Waals surface area contributed by atoms with Crippen molar-refractivity contribution in [2.24, 2.45) is 0 Å². The molecule has 0 saturated heterocycles. The van der Waals surface area contributed by atoms with Gasteiger partial charge in [0.25, 0.3) is 5.56 Å². The van der Waals surface area contributed by atoms with E-state index in [4.69, 9.17) is 0 Å². The van der Waals surface area contributed by atoms with E-state index in [1.165, 1.54) is 0 Å². The quantitative estimate of drug-likeness (QED) is 0.783. The van der Waals surface area contributed by atoms with Crippen molar-refractivity contribution in [3.63, 3.8) is 0 Å². The molecule has 0 radical (unpaired) electrons. The number of pyridine rings is 1. The average molecular weight is 277 g/mol. The number of nitrogens with one attached hydrogen (secondary N) is 1. The third kappa shape index (κ3) is 2.60. The highest BCUT2D eigenvalue weighted by Crippen LogP contribution is 2.21. The molecular formula is C17H15N3O. The first-order valence-corrected chi connectivity index (χ1v) is 6.74. The molecule has 2 aromatic heterocycles. The summed E-state index contributed by atoms with van der Waals surface area (Å²) >= 11 is 0. The molecule has 3 rings (SSSR count). The lowest BCUT2D eigenvalue weighted by molar-refractivity contribution is 1.08. The second-order valence-electron chi connectivity index (χ2n) is 4.94. The van der Waals surface area contributed by atoms with E-state index in [-0.39, 0.29) is 5.56 Å². The Balaban J connectivity index is 2.19. The molecule has 104 valence electrons. The maximum absolute atomic E-state index is 12.2. The Labute approximate surface area is 122 Å². The van der Waals surface area contributed by atoms with Gasteiger partial charge in [0, 0.05) is 28.6 Å². The van der Waals surface area contributed by atoms with Gasteiger partial charge in [-0.15, -0.1) is 0 Å². The van der Waals surface area contributed by atoms with Crippen LogP contribution in [0.5, 0.6) is 0 Å². The Bertz CT molecular complexity index is 821. The smallest absolute Gasteiger partial charge is 0.254 e. The van der Waals surface area contributed by atoms with E-state index in [1.54, 1.807) is 13.1 Å². The Hall–Kier alpha value is -2.75. The summed E-state index contributed by atoms with van der Waals surface area (Å²) in [5.41, 5.74) is 3.85. The highest BCUT2D eigenvalue weighted by Gasteiger charge is 2.10. The van der Waals surface area contributed by atoms with Crippen molar-refractivity contribution in [1.29, 1.82) is 0 Å². The van der Waals surface area contributed by atoms with Crippen LogP contribution in [0.25, 0.3) is 22.6 Å². The highest BCUT2D eigenvalue weighted by atomic mass is 16.1. The van der Waals surface area contributed by atoms with Gasteiger partial charge >= 0.3 is 0 Å².